The van der Waals surface area contributed by atoms with Gasteiger partial charge in [-0.3, -0.25) is 9.59 Å². The van der Waals surface area contributed by atoms with Gasteiger partial charge in [-0.05, 0) is 24.3 Å². The molecule has 1 saturated heterocycles. The Hall–Kier alpha value is -3.03. The molecule has 27 heavy (non-hydrogen) atoms. The Bertz CT molecular complexity index is 794. The lowest BCUT2D eigenvalue weighted by atomic mass is 10.2. The molecular weight excluding hydrogens is 349 g/mol. The third-order valence-corrected chi connectivity index (χ3v) is 4.52. The summed E-state index contributed by atoms with van der Waals surface area (Å²) in [6.45, 7) is 4.12. The van der Waals surface area contributed by atoms with Crippen LogP contribution in [0.25, 0.3) is 0 Å². The van der Waals surface area contributed by atoms with Crippen LogP contribution in [0.4, 0.5) is 16.0 Å². The minimum atomic E-state index is -0.413. The molecule has 0 N–H and O–H groups in total. The third kappa shape index (κ3) is 4.78. The van der Waals surface area contributed by atoms with E-state index in [1.165, 1.54) is 24.0 Å². The zero-order valence-electron chi connectivity index (χ0n) is 15.2. The summed E-state index contributed by atoms with van der Waals surface area (Å²) in [5, 5.41) is 0. The molecule has 0 radical (unpaired) electrons. The van der Waals surface area contributed by atoms with Crippen LogP contribution in [0.2, 0.25) is 0 Å². The average Bonchev–Trinajstić information content (AvgIpc) is 2.68. The predicted octanol–water partition coefficient (Wildman–Crippen LogP) is 1.71. The van der Waals surface area contributed by atoms with Gasteiger partial charge in [-0.25, -0.2) is 14.4 Å². The number of halogens is 1. The Kier molecular flexibility index (Phi) is 5.95. The molecule has 1 aromatic heterocycles. The average molecular weight is 371 g/mol. The lowest BCUT2D eigenvalue weighted by Gasteiger charge is -2.35. The Balaban J connectivity index is 1.54. The van der Waals surface area contributed by atoms with Gasteiger partial charge >= 0.3 is 0 Å². The van der Waals surface area contributed by atoms with Crippen LogP contribution in [0, 0.1) is 5.82 Å². The summed E-state index contributed by atoms with van der Waals surface area (Å²) in [6.07, 6.45) is 3.59. The minimum absolute atomic E-state index is 0.0220. The van der Waals surface area contributed by atoms with Gasteiger partial charge in [-0.15, -0.1) is 0 Å². The Labute approximate surface area is 157 Å². The van der Waals surface area contributed by atoms with Gasteiger partial charge in [-0.2, -0.15) is 0 Å². The molecule has 1 aliphatic heterocycles. The molecule has 2 amide bonds. The molecule has 2 heterocycles. The van der Waals surface area contributed by atoms with Crippen LogP contribution in [-0.2, 0) is 9.59 Å². The van der Waals surface area contributed by atoms with E-state index in [1.54, 1.807) is 35.5 Å². The van der Waals surface area contributed by atoms with E-state index in [0.29, 0.717) is 37.8 Å². The predicted molar refractivity (Wildman–Crippen MR) is 99.9 cm³/mol. The first-order valence-corrected chi connectivity index (χ1v) is 8.88. The maximum Gasteiger partial charge on any atom is 0.225 e. The van der Waals surface area contributed by atoms with Gasteiger partial charge < -0.3 is 14.7 Å². The second-order valence-electron chi connectivity index (χ2n) is 6.32. The van der Waals surface area contributed by atoms with Crippen LogP contribution < -0.4 is 9.80 Å². The van der Waals surface area contributed by atoms with Gasteiger partial charge in [-0.1, -0.05) is 6.07 Å². The van der Waals surface area contributed by atoms with Crippen molar-refractivity contribution < 1.29 is 14.0 Å². The minimum Gasteiger partial charge on any atom is -0.339 e. The van der Waals surface area contributed by atoms with Crippen molar-refractivity contribution in [2.75, 3.05) is 42.5 Å². The molecule has 0 bridgehead atoms. The number of benzene rings is 1. The number of hydrogen-bond acceptors (Lipinski definition) is 5. The smallest absolute Gasteiger partial charge is 0.225 e. The summed E-state index contributed by atoms with van der Waals surface area (Å²) in [7, 11) is 0. The van der Waals surface area contributed by atoms with Crippen molar-refractivity contribution in [2.24, 2.45) is 0 Å². The topological polar surface area (TPSA) is 69.6 Å². The fraction of sp³-hybridized carbons (Fsp3) is 0.368. The van der Waals surface area contributed by atoms with Crippen molar-refractivity contribution in [3.8, 4) is 0 Å². The number of hydrogen-bond donors (Lipinski definition) is 0. The zero-order valence-corrected chi connectivity index (χ0v) is 15.2. The van der Waals surface area contributed by atoms with Crippen LogP contribution in [0.5, 0.6) is 0 Å². The van der Waals surface area contributed by atoms with Gasteiger partial charge in [0, 0.05) is 64.1 Å². The molecule has 142 valence electrons. The summed E-state index contributed by atoms with van der Waals surface area (Å²) >= 11 is 0. The summed E-state index contributed by atoms with van der Waals surface area (Å²) in [6, 6.07) is 7.59. The van der Waals surface area contributed by atoms with Gasteiger partial charge in [0.1, 0.15) is 5.82 Å². The first-order valence-electron chi connectivity index (χ1n) is 8.88. The normalized spacial score (nSPS) is 14.1. The molecule has 0 spiro atoms. The van der Waals surface area contributed by atoms with Crippen molar-refractivity contribution in [1.29, 1.82) is 0 Å². The second-order valence-corrected chi connectivity index (χ2v) is 6.32. The van der Waals surface area contributed by atoms with Gasteiger partial charge in [0.2, 0.25) is 17.8 Å². The summed E-state index contributed by atoms with van der Waals surface area (Å²) in [5.41, 5.74) is 0.460. The summed E-state index contributed by atoms with van der Waals surface area (Å²) in [4.78, 5) is 38.1. The molecule has 0 saturated carbocycles. The Morgan fingerprint density at radius 1 is 1.11 bits per heavy atom. The standard InChI is InChI=1S/C19H22FN5O2/c1-15(26)25(17-5-2-4-16(20)14-17)9-6-18(27)23-10-12-24(13-11-23)19-21-7-3-8-22-19/h2-5,7-8,14H,6,9-13H2,1H3. The van der Waals surface area contributed by atoms with E-state index in [9.17, 15) is 14.0 Å². The number of aromatic nitrogens is 2. The van der Waals surface area contributed by atoms with Crippen molar-refractivity contribution in [3.05, 3.63) is 48.5 Å². The highest BCUT2D eigenvalue weighted by molar-refractivity contribution is 5.92. The zero-order chi connectivity index (χ0) is 19.2. The first-order chi connectivity index (χ1) is 13.0. The van der Waals surface area contributed by atoms with Crippen LogP contribution in [0.1, 0.15) is 13.3 Å². The van der Waals surface area contributed by atoms with Crippen molar-refractivity contribution in [2.45, 2.75) is 13.3 Å². The molecule has 1 aliphatic rings. The molecule has 7 nitrogen and oxygen atoms in total. The lowest BCUT2D eigenvalue weighted by molar-refractivity contribution is -0.131. The molecule has 2 aromatic rings. The van der Waals surface area contributed by atoms with Gasteiger partial charge in [0.15, 0.2) is 0 Å². The maximum atomic E-state index is 13.4. The number of anilines is 2. The third-order valence-electron chi connectivity index (χ3n) is 4.52. The second kappa shape index (κ2) is 8.57. The van der Waals surface area contributed by atoms with Crippen LogP contribution >= 0.6 is 0 Å². The fourth-order valence-corrected chi connectivity index (χ4v) is 3.09. The molecule has 8 heteroatoms. The fourth-order valence-electron chi connectivity index (χ4n) is 3.09. The van der Waals surface area contributed by atoms with Crippen LogP contribution in [0.15, 0.2) is 42.7 Å². The van der Waals surface area contributed by atoms with Crippen molar-refractivity contribution in [1.82, 2.24) is 14.9 Å². The van der Waals surface area contributed by atoms with E-state index in [4.69, 9.17) is 0 Å². The molecule has 0 atom stereocenters. The van der Waals surface area contributed by atoms with Crippen molar-refractivity contribution in [3.63, 3.8) is 0 Å². The molecule has 1 fully saturated rings. The molecule has 0 aliphatic carbocycles. The van der Waals surface area contributed by atoms with E-state index in [-0.39, 0.29) is 24.8 Å². The Morgan fingerprint density at radius 2 is 1.81 bits per heavy atom. The maximum absolute atomic E-state index is 13.4. The molecular formula is C19H22FN5O2. The lowest BCUT2D eigenvalue weighted by Crippen LogP contribution is -2.49. The number of carbonyl (C=O) groups excluding carboxylic acids is 2. The summed E-state index contributed by atoms with van der Waals surface area (Å²) < 4.78 is 13.4. The van der Waals surface area contributed by atoms with Gasteiger partial charge in [0.05, 0.1) is 0 Å². The SMILES string of the molecule is CC(=O)N(CCC(=O)N1CCN(c2ncccn2)CC1)c1cccc(F)c1. The van der Waals surface area contributed by atoms with Gasteiger partial charge in [0.25, 0.3) is 0 Å². The monoisotopic (exact) mass is 371 g/mol. The highest BCUT2D eigenvalue weighted by atomic mass is 19.1. The highest BCUT2D eigenvalue weighted by Gasteiger charge is 2.23. The summed E-state index contributed by atoms with van der Waals surface area (Å²) in [5.74, 6) is 0.00789. The quantitative estimate of drug-likeness (QED) is 0.800. The highest BCUT2D eigenvalue weighted by Crippen LogP contribution is 2.17. The van der Waals surface area contributed by atoms with Crippen LogP contribution in [-0.4, -0.2) is 59.4 Å². The van der Waals surface area contributed by atoms with Crippen molar-refractivity contribution >= 4 is 23.5 Å². The van der Waals surface area contributed by atoms with E-state index in [2.05, 4.69) is 9.97 Å². The number of rotatable bonds is 5. The number of carbonyl (C=O) groups is 2. The molecule has 1 aromatic carbocycles. The molecule has 3 rings (SSSR count). The first kappa shape index (κ1) is 18.8. The number of nitrogens with zero attached hydrogens (tertiary/aromatic N) is 5. The largest absolute Gasteiger partial charge is 0.339 e. The van der Waals surface area contributed by atoms with E-state index in [0.717, 1.165) is 0 Å². The number of piperazine rings is 1. The van der Waals surface area contributed by atoms with E-state index in [1.807, 2.05) is 4.90 Å². The van der Waals surface area contributed by atoms with Crippen LogP contribution in [0.3, 0.4) is 0 Å². The Morgan fingerprint density at radius 3 is 2.44 bits per heavy atom. The van der Waals surface area contributed by atoms with E-state index >= 15 is 0 Å². The molecule has 0 unspecified atom stereocenters. The number of amides is 2. The van der Waals surface area contributed by atoms with E-state index < -0.39 is 5.82 Å².